The molecule has 0 saturated carbocycles. The van der Waals surface area contributed by atoms with E-state index in [-0.39, 0.29) is 0 Å². The van der Waals surface area contributed by atoms with Crippen LogP contribution in [-0.2, 0) is 6.42 Å². The maximum atomic E-state index is 5.88. The second kappa shape index (κ2) is 14.8. The SMILES string of the molecule is CCCCCCCCc1ccc(-c2nnc(-c3ccc(OCCCCCCC)cc3)s2)cc1. The van der Waals surface area contributed by atoms with Gasteiger partial charge < -0.3 is 4.74 Å². The summed E-state index contributed by atoms with van der Waals surface area (Å²) in [5, 5.41) is 10.8. The van der Waals surface area contributed by atoms with Crippen LogP contribution in [0.1, 0.15) is 90.0 Å². The molecule has 178 valence electrons. The molecule has 0 aliphatic carbocycles. The molecule has 3 rings (SSSR count). The van der Waals surface area contributed by atoms with E-state index in [0.717, 1.165) is 39.9 Å². The highest BCUT2D eigenvalue weighted by atomic mass is 32.1. The summed E-state index contributed by atoms with van der Waals surface area (Å²) in [5.74, 6) is 0.930. The maximum absolute atomic E-state index is 5.88. The topological polar surface area (TPSA) is 35.0 Å². The predicted molar refractivity (Wildman–Crippen MR) is 142 cm³/mol. The van der Waals surface area contributed by atoms with E-state index in [1.165, 1.54) is 76.2 Å². The van der Waals surface area contributed by atoms with Crippen LogP contribution < -0.4 is 4.74 Å². The summed E-state index contributed by atoms with van der Waals surface area (Å²) in [6, 6.07) is 17.1. The molecule has 0 bridgehead atoms. The largest absolute Gasteiger partial charge is 0.494 e. The Morgan fingerprint density at radius 2 is 1.12 bits per heavy atom. The van der Waals surface area contributed by atoms with Crippen molar-refractivity contribution in [3.8, 4) is 26.9 Å². The number of aryl methyl sites for hydroxylation is 1. The number of rotatable bonds is 16. The fourth-order valence-corrected chi connectivity index (χ4v) is 4.82. The summed E-state index contributed by atoms with van der Waals surface area (Å²) in [6.45, 7) is 5.30. The van der Waals surface area contributed by atoms with Crippen LogP contribution >= 0.6 is 11.3 Å². The molecule has 0 atom stereocenters. The highest BCUT2D eigenvalue weighted by Gasteiger charge is 2.09. The zero-order chi connectivity index (χ0) is 23.1. The molecule has 2 aromatic carbocycles. The molecular formula is C29H40N2OS. The molecule has 0 amide bonds. The average Bonchev–Trinajstić information content (AvgIpc) is 3.35. The number of unbranched alkanes of at least 4 members (excludes halogenated alkanes) is 9. The Morgan fingerprint density at radius 1 is 0.606 bits per heavy atom. The van der Waals surface area contributed by atoms with Gasteiger partial charge in [-0.2, -0.15) is 0 Å². The standard InChI is InChI=1S/C29H40N2OS/c1-3-5-7-9-10-12-14-24-15-17-25(18-16-24)28-30-31-29(33-28)26-19-21-27(22-20-26)32-23-13-11-8-6-4-2/h15-22H,3-14,23H2,1-2H3. The van der Waals surface area contributed by atoms with E-state index in [1.54, 1.807) is 11.3 Å². The van der Waals surface area contributed by atoms with Crippen LogP contribution in [0.2, 0.25) is 0 Å². The van der Waals surface area contributed by atoms with Gasteiger partial charge in [-0.1, -0.05) is 107 Å². The minimum atomic E-state index is 0.793. The summed E-state index contributed by atoms with van der Waals surface area (Å²) in [7, 11) is 0. The Kier molecular flexibility index (Phi) is 11.4. The van der Waals surface area contributed by atoms with Crippen LogP contribution in [0, 0.1) is 0 Å². The predicted octanol–water partition coefficient (Wildman–Crippen LogP) is 9.12. The van der Waals surface area contributed by atoms with Crippen molar-refractivity contribution in [2.75, 3.05) is 6.61 Å². The molecule has 0 radical (unpaired) electrons. The quantitative estimate of drug-likeness (QED) is 0.198. The minimum Gasteiger partial charge on any atom is -0.494 e. The van der Waals surface area contributed by atoms with E-state index in [4.69, 9.17) is 4.74 Å². The van der Waals surface area contributed by atoms with E-state index >= 15 is 0 Å². The van der Waals surface area contributed by atoms with E-state index in [9.17, 15) is 0 Å². The lowest BCUT2D eigenvalue weighted by Gasteiger charge is -2.06. The zero-order valence-electron chi connectivity index (χ0n) is 20.5. The number of hydrogen-bond acceptors (Lipinski definition) is 4. The van der Waals surface area contributed by atoms with E-state index in [2.05, 4.69) is 60.4 Å². The number of aromatic nitrogens is 2. The molecule has 0 unspecified atom stereocenters. The van der Waals surface area contributed by atoms with Crippen LogP contribution in [-0.4, -0.2) is 16.8 Å². The van der Waals surface area contributed by atoms with E-state index in [1.807, 2.05) is 12.1 Å². The van der Waals surface area contributed by atoms with Crippen molar-refractivity contribution in [3.63, 3.8) is 0 Å². The first-order chi connectivity index (χ1) is 16.3. The molecule has 3 nitrogen and oxygen atoms in total. The van der Waals surface area contributed by atoms with Gasteiger partial charge in [0, 0.05) is 11.1 Å². The summed E-state index contributed by atoms with van der Waals surface area (Å²) >= 11 is 1.65. The fourth-order valence-electron chi connectivity index (χ4n) is 3.97. The van der Waals surface area contributed by atoms with Gasteiger partial charge in [0.1, 0.15) is 15.8 Å². The highest BCUT2D eigenvalue weighted by molar-refractivity contribution is 7.17. The molecule has 0 fully saturated rings. The fraction of sp³-hybridized carbons (Fsp3) is 0.517. The highest BCUT2D eigenvalue weighted by Crippen LogP contribution is 2.31. The van der Waals surface area contributed by atoms with Crippen LogP contribution in [0.3, 0.4) is 0 Å². The van der Waals surface area contributed by atoms with Crippen molar-refractivity contribution < 1.29 is 4.74 Å². The van der Waals surface area contributed by atoms with Gasteiger partial charge in [0.25, 0.3) is 0 Å². The molecule has 0 aliphatic rings. The zero-order valence-corrected chi connectivity index (χ0v) is 21.3. The number of benzene rings is 2. The van der Waals surface area contributed by atoms with Gasteiger partial charge in [-0.3, -0.25) is 0 Å². The molecule has 3 aromatic rings. The van der Waals surface area contributed by atoms with Crippen molar-refractivity contribution in [3.05, 3.63) is 54.1 Å². The van der Waals surface area contributed by atoms with E-state index < -0.39 is 0 Å². The molecular weight excluding hydrogens is 424 g/mol. The van der Waals surface area contributed by atoms with Crippen molar-refractivity contribution in [1.29, 1.82) is 0 Å². The van der Waals surface area contributed by atoms with Gasteiger partial charge in [0.15, 0.2) is 0 Å². The lowest BCUT2D eigenvalue weighted by Crippen LogP contribution is -1.97. The monoisotopic (exact) mass is 464 g/mol. The normalized spacial score (nSPS) is 11.1. The van der Waals surface area contributed by atoms with Gasteiger partial charge in [0.2, 0.25) is 0 Å². The molecule has 1 heterocycles. The number of nitrogens with zero attached hydrogens (tertiary/aromatic N) is 2. The van der Waals surface area contributed by atoms with Crippen molar-refractivity contribution in [1.82, 2.24) is 10.2 Å². The van der Waals surface area contributed by atoms with Crippen molar-refractivity contribution >= 4 is 11.3 Å². The van der Waals surface area contributed by atoms with Gasteiger partial charge in [-0.15, -0.1) is 10.2 Å². The molecule has 0 N–H and O–H groups in total. The van der Waals surface area contributed by atoms with Crippen LogP contribution in [0.25, 0.3) is 21.1 Å². The average molecular weight is 465 g/mol. The van der Waals surface area contributed by atoms with Gasteiger partial charge in [-0.25, -0.2) is 0 Å². The lowest BCUT2D eigenvalue weighted by molar-refractivity contribution is 0.304. The molecule has 33 heavy (non-hydrogen) atoms. The molecule has 0 spiro atoms. The van der Waals surface area contributed by atoms with Crippen LogP contribution in [0.5, 0.6) is 5.75 Å². The second-order valence-electron chi connectivity index (χ2n) is 8.91. The molecule has 1 aromatic heterocycles. The first-order valence-electron chi connectivity index (χ1n) is 13.0. The Bertz CT molecular complexity index is 828. The van der Waals surface area contributed by atoms with Gasteiger partial charge in [0.05, 0.1) is 6.61 Å². The van der Waals surface area contributed by atoms with Crippen molar-refractivity contribution in [2.24, 2.45) is 0 Å². The smallest absolute Gasteiger partial charge is 0.148 e. The van der Waals surface area contributed by atoms with E-state index in [0.29, 0.717) is 0 Å². The maximum Gasteiger partial charge on any atom is 0.148 e. The third-order valence-electron chi connectivity index (χ3n) is 6.06. The molecule has 4 heteroatoms. The summed E-state index contributed by atoms with van der Waals surface area (Å²) in [4.78, 5) is 0. The van der Waals surface area contributed by atoms with Gasteiger partial charge in [-0.05, 0) is 49.1 Å². The van der Waals surface area contributed by atoms with Crippen molar-refractivity contribution in [2.45, 2.75) is 90.9 Å². The first-order valence-corrected chi connectivity index (χ1v) is 13.8. The Morgan fingerprint density at radius 3 is 1.73 bits per heavy atom. The van der Waals surface area contributed by atoms with Crippen LogP contribution in [0.15, 0.2) is 48.5 Å². The first kappa shape index (κ1) is 25.4. The number of ether oxygens (including phenoxy) is 1. The Labute approximate surface area is 204 Å². The summed E-state index contributed by atoms with van der Waals surface area (Å²) < 4.78 is 5.88. The minimum absolute atomic E-state index is 0.793. The summed E-state index contributed by atoms with van der Waals surface area (Å²) in [6.07, 6.45) is 15.5. The second-order valence-corrected chi connectivity index (χ2v) is 9.89. The third-order valence-corrected chi connectivity index (χ3v) is 7.08. The summed E-state index contributed by atoms with van der Waals surface area (Å²) in [5.41, 5.74) is 3.65. The van der Waals surface area contributed by atoms with Gasteiger partial charge >= 0.3 is 0 Å². The molecule has 0 saturated heterocycles. The Balaban J connectivity index is 1.46. The Hall–Kier alpha value is -2.20. The number of hydrogen-bond donors (Lipinski definition) is 0. The molecule has 0 aliphatic heterocycles. The van der Waals surface area contributed by atoms with Crippen LogP contribution in [0.4, 0.5) is 0 Å². The third kappa shape index (κ3) is 8.92. The lowest BCUT2D eigenvalue weighted by atomic mass is 10.0.